The van der Waals surface area contributed by atoms with Crippen molar-refractivity contribution >= 4 is 6.08 Å². The quantitative estimate of drug-likeness (QED) is 0.549. The first kappa shape index (κ1) is 6.02. The van der Waals surface area contributed by atoms with Gasteiger partial charge in [0.2, 0.25) is 0 Å². The fourth-order valence-corrected chi connectivity index (χ4v) is 0.612. The number of pyridine rings is 1. The molecule has 1 rings (SSSR count). The summed E-state index contributed by atoms with van der Waals surface area (Å²) in [5.74, 6) is 0. The molecule has 1 radical (unpaired) electrons. The van der Waals surface area contributed by atoms with Crippen molar-refractivity contribution < 1.29 is 0 Å². The minimum absolute atomic E-state index is 0.785. The van der Waals surface area contributed by atoms with Crippen LogP contribution in [0.1, 0.15) is 11.4 Å². The summed E-state index contributed by atoms with van der Waals surface area (Å²) in [7, 11) is 0. The van der Waals surface area contributed by atoms with Gasteiger partial charge in [0, 0.05) is 5.69 Å². The van der Waals surface area contributed by atoms with Gasteiger partial charge in [-0.3, -0.25) is 4.98 Å². The largest absolute Gasteiger partial charge is 0.253 e. The molecule has 9 heavy (non-hydrogen) atoms. The molecular formula is C8H8N. The molecule has 0 amide bonds. The van der Waals surface area contributed by atoms with Gasteiger partial charge in [0.25, 0.3) is 0 Å². The van der Waals surface area contributed by atoms with E-state index in [1.807, 2.05) is 18.2 Å². The lowest BCUT2D eigenvalue weighted by molar-refractivity contribution is 1.24. The van der Waals surface area contributed by atoms with Gasteiger partial charge in [0.15, 0.2) is 0 Å². The maximum atomic E-state index is 4.06. The van der Waals surface area contributed by atoms with Crippen LogP contribution >= 0.6 is 0 Å². The lowest BCUT2D eigenvalue weighted by Crippen LogP contribution is -1.81. The molecule has 0 bridgehead atoms. The van der Waals surface area contributed by atoms with Crippen molar-refractivity contribution in [2.24, 2.45) is 0 Å². The van der Waals surface area contributed by atoms with Crippen LogP contribution in [-0.2, 0) is 0 Å². The molecule has 0 saturated carbocycles. The molecule has 0 N–H and O–H groups in total. The smallest absolute Gasteiger partial charge is 0.0627 e. The summed E-state index contributed by atoms with van der Waals surface area (Å²) < 4.78 is 0. The molecule has 0 spiro atoms. The summed E-state index contributed by atoms with van der Waals surface area (Å²) in [6, 6.07) is 5.65. The van der Waals surface area contributed by atoms with Crippen LogP contribution in [0.15, 0.2) is 24.8 Å². The minimum atomic E-state index is 0.785. The van der Waals surface area contributed by atoms with Crippen molar-refractivity contribution in [1.82, 2.24) is 4.98 Å². The third kappa shape index (κ3) is 1.39. The highest BCUT2D eigenvalue weighted by Gasteiger charge is 1.84. The number of nitrogens with zero attached hydrogens (tertiary/aromatic N) is 1. The summed E-state index contributed by atoms with van der Waals surface area (Å²) in [5.41, 5.74) is 1.66. The van der Waals surface area contributed by atoms with Gasteiger partial charge >= 0.3 is 0 Å². The molecule has 0 aromatic carbocycles. The van der Waals surface area contributed by atoms with Gasteiger partial charge in [-0.25, -0.2) is 0 Å². The molecular weight excluding hydrogens is 110 g/mol. The van der Waals surface area contributed by atoms with Crippen molar-refractivity contribution in [3.05, 3.63) is 43.1 Å². The van der Waals surface area contributed by atoms with E-state index in [-0.39, 0.29) is 0 Å². The molecule has 45 valence electrons. The normalized spacial score (nSPS) is 9.00. The van der Waals surface area contributed by atoms with Gasteiger partial charge in [0.1, 0.15) is 0 Å². The van der Waals surface area contributed by atoms with Crippen LogP contribution < -0.4 is 0 Å². The lowest BCUT2D eigenvalue weighted by atomic mass is 10.3. The predicted octanol–water partition coefficient (Wildman–Crippen LogP) is 1.91. The van der Waals surface area contributed by atoms with Crippen LogP contribution in [0.5, 0.6) is 0 Å². The maximum absolute atomic E-state index is 4.06. The second kappa shape index (κ2) is 2.44. The molecule has 0 fully saturated rings. The SMILES string of the molecule is [CH2]c1cccc(C=C)n1. The first-order chi connectivity index (χ1) is 4.33. The zero-order chi connectivity index (χ0) is 6.69. The summed E-state index contributed by atoms with van der Waals surface area (Å²) in [4.78, 5) is 4.06. The molecule has 1 aromatic heterocycles. The van der Waals surface area contributed by atoms with Crippen LogP contribution in [0.4, 0.5) is 0 Å². The second-order valence-corrected chi connectivity index (χ2v) is 1.76. The Morgan fingerprint density at radius 2 is 2.22 bits per heavy atom. The highest BCUT2D eigenvalue weighted by molar-refractivity contribution is 5.41. The molecule has 0 aliphatic carbocycles. The van der Waals surface area contributed by atoms with Gasteiger partial charge in [-0.05, 0) is 25.1 Å². The number of aromatic nitrogens is 1. The zero-order valence-corrected chi connectivity index (χ0v) is 5.17. The van der Waals surface area contributed by atoms with Crippen LogP contribution in [0, 0.1) is 6.92 Å². The van der Waals surface area contributed by atoms with E-state index in [0.29, 0.717) is 0 Å². The molecule has 1 nitrogen and oxygen atoms in total. The van der Waals surface area contributed by atoms with E-state index in [2.05, 4.69) is 18.5 Å². The summed E-state index contributed by atoms with van der Waals surface area (Å²) in [5, 5.41) is 0. The molecule has 0 aliphatic heterocycles. The Kier molecular flexibility index (Phi) is 1.63. The predicted molar refractivity (Wildman–Crippen MR) is 38.8 cm³/mol. The van der Waals surface area contributed by atoms with Gasteiger partial charge in [-0.2, -0.15) is 0 Å². The van der Waals surface area contributed by atoms with Crippen LogP contribution in [0.25, 0.3) is 6.08 Å². The Balaban J connectivity index is 3.07. The standard InChI is InChI=1S/C8H8N/c1-3-8-6-4-5-7(2)9-8/h3-6H,1-2H2. The fraction of sp³-hybridized carbons (Fsp3) is 0. The Morgan fingerprint density at radius 3 is 2.67 bits per heavy atom. The van der Waals surface area contributed by atoms with Crippen molar-refractivity contribution in [1.29, 1.82) is 0 Å². The summed E-state index contributed by atoms with van der Waals surface area (Å²) in [6.07, 6.45) is 1.70. The molecule has 0 saturated heterocycles. The van der Waals surface area contributed by atoms with E-state index in [1.54, 1.807) is 6.08 Å². The molecule has 0 aliphatic rings. The lowest BCUT2D eigenvalue weighted by Gasteiger charge is -1.91. The molecule has 1 aromatic rings. The Labute approximate surface area is 55.1 Å². The maximum Gasteiger partial charge on any atom is 0.0627 e. The van der Waals surface area contributed by atoms with Crippen LogP contribution in [0.2, 0.25) is 0 Å². The van der Waals surface area contributed by atoms with Crippen molar-refractivity contribution in [3.8, 4) is 0 Å². The fourth-order valence-electron chi connectivity index (χ4n) is 0.612. The first-order valence-corrected chi connectivity index (χ1v) is 2.74. The molecule has 1 heterocycles. The van der Waals surface area contributed by atoms with Crippen molar-refractivity contribution in [2.75, 3.05) is 0 Å². The van der Waals surface area contributed by atoms with E-state index < -0.39 is 0 Å². The third-order valence-electron chi connectivity index (χ3n) is 1.04. The van der Waals surface area contributed by atoms with Gasteiger partial charge < -0.3 is 0 Å². The van der Waals surface area contributed by atoms with Crippen LogP contribution in [-0.4, -0.2) is 4.98 Å². The second-order valence-electron chi connectivity index (χ2n) is 1.76. The Morgan fingerprint density at radius 1 is 1.44 bits per heavy atom. The summed E-state index contributed by atoms with van der Waals surface area (Å²) in [6.45, 7) is 7.25. The highest BCUT2D eigenvalue weighted by atomic mass is 14.7. The van der Waals surface area contributed by atoms with E-state index in [1.165, 1.54) is 0 Å². The average Bonchev–Trinajstić information content (AvgIpc) is 1.88. The topological polar surface area (TPSA) is 12.9 Å². The van der Waals surface area contributed by atoms with E-state index in [9.17, 15) is 0 Å². The van der Waals surface area contributed by atoms with E-state index in [4.69, 9.17) is 0 Å². The van der Waals surface area contributed by atoms with Crippen molar-refractivity contribution in [2.45, 2.75) is 0 Å². The Bertz CT molecular complexity index is 216. The van der Waals surface area contributed by atoms with Crippen molar-refractivity contribution in [3.63, 3.8) is 0 Å². The van der Waals surface area contributed by atoms with Gasteiger partial charge in [-0.1, -0.05) is 12.6 Å². The number of rotatable bonds is 1. The molecule has 1 heteroatoms. The minimum Gasteiger partial charge on any atom is -0.253 e. The van der Waals surface area contributed by atoms with Gasteiger partial charge in [-0.15, -0.1) is 0 Å². The third-order valence-corrected chi connectivity index (χ3v) is 1.04. The molecule has 0 atom stereocenters. The highest BCUT2D eigenvalue weighted by Crippen LogP contribution is 1.97. The first-order valence-electron chi connectivity index (χ1n) is 2.74. The monoisotopic (exact) mass is 118 g/mol. The van der Waals surface area contributed by atoms with E-state index in [0.717, 1.165) is 11.4 Å². The van der Waals surface area contributed by atoms with Gasteiger partial charge in [0.05, 0.1) is 5.69 Å². The number of hydrogen-bond acceptors (Lipinski definition) is 1. The van der Waals surface area contributed by atoms with Crippen LogP contribution in [0.3, 0.4) is 0 Å². The Hall–Kier alpha value is -1.11. The van der Waals surface area contributed by atoms with E-state index >= 15 is 0 Å². The average molecular weight is 118 g/mol. The summed E-state index contributed by atoms with van der Waals surface area (Å²) >= 11 is 0. The number of hydrogen-bond donors (Lipinski definition) is 0. The zero-order valence-electron chi connectivity index (χ0n) is 5.17. The molecule has 0 unspecified atom stereocenters.